The van der Waals surface area contributed by atoms with Crippen LogP contribution in [0.25, 0.3) is 17.2 Å². The van der Waals surface area contributed by atoms with Gasteiger partial charge in [-0.05, 0) is 73.4 Å². The van der Waals surface area contributed by atoms with E-state index in [4.69, 9.17) is 16.3 Å². The molecule has 0 saturated carbocycles. The molecule has 0 heterocycles. The van der Waals surface area contributed by atoms with E-state index >= 15 is 0 Å². The number of amides is 2. The van der Waals surface area contributed by atoms with E-state index in [-0.39, 0.29) is 5.91 Å². The second-order valence-corrected chi connectivity index (χ2v) is 8.94. The highest BCUT2D eigenvalue weighted by Gasteiger charge is 2.15. The smallest absolute Gasteiger partial charge is 0.407 e. The van der Waals surface area contributed by atoms with Gasteiger partial charge in [0.15, 0.2) is 0 Å². The largest absolute Gasteiger partial charge is 0.444 e. The molecule has 2 amide bonds. The number of carbonyl (C=O) groups excluding carboxylic acids is 2. The molecule has 3 aromatic carbocycles. The Morgan fingerprint density at radius 3 is 2.03 bits per heavy atom. The Bertz CT molecular complexity index is 1110. The molecule has 0 aliphatic rings. The summed E-state index contributed by atoms with van der Waals surface area (Å²) in [6.45, 7) is 5.79. The minimum atomic E-state index is -0.537. The van der Waals surface area contributed by atoms with Crippen molar-refractivity contribution < 1.29 is 14.3 Å². The van der Waals surface area contributed by atoms with E-state index in [1.807, 2.05) is 81.4 Å². The molecule has 3 aromatic rings. The second-order valence-electron chi connectivity index (χ2n) is 8.50. The topological polar surface area (TPSA) is 67.4 Å². The van der Waals surface area contributed by atoms with E-state index in [2.05, 4.69) is 10.6 Å². The molecule has 0 atom stereocenters. The summed E-state index contributed by atoms with van der Waals surface area (Å²) in [5.41, 5.74) is 4.11. The average molecular weight is 463 g/mol. The van der Waals surface area contributed by atoms with Crippen molar-refractivity contribution in [2.75, 3.05) is 5.32 Å². The fourth-order valence-electron chi connectivity index (χ4n) is 2.98. The second kappa shape index (κ2) is 10.8. The van der Waals surface area contributed by atoms with Crippen LogP contribution in [0.3, 0.4) is 0 Å². The summed E-state index contributed by atoms with van der Waals surface area (Å²) in [6, 6.07) is 22.9. The van der Waals surface area contributed by atoms with Crippen molar-refractivity contribution in [1.82, 2.24) is 5.32 Å². The van der Waals surface area contributed by atoms with Crippen LogP contribution in [0.2, 0.25) is 5.02 Å². The van der Waals surface area contributed by atoms with Crippen molar-refractivity contribution in [3.05, 3.63) is 95.0 Å². The van der Waals surface area contributed by atoms with Crippen LogP contribution in [-0.2, 0) is 16.1 Å². The zero-order chi connectivity index (χ0) is 23.8. The number of anilines is 1. The predicted octanol–water partition coefficient (Wildman–Crippen LogP) is 6.68. The fraction of sp³-hybridized carbons (Fsp3) is 0.185. The molecular weight excluding hydrogens is 436 g/mol. The Morgan fingerprint density at radius 2 is 1.45 bits per heavy atom. The normalized spacial score (nSPS) is 11.3. The van der Waals surface area contributed by atoms with E-state index in [9.17, 15) is 9.59 Å². The summed E-state index contributed by atoms with van der Waals surface area (Å²) < 4.78 is 5.21. The van der Waals surface area contributed by atoms with Gasteiger partial charge in [0.05, 0.1) is 0 Å². The van der Waals surface area contributed by atoms with Gasteiger partial charge in [-0.3, -0.25) is 4.79 Å². The van der Waals surface area contributed by atoms with Gasteiger partial charge >= 0.3 is 6.09 Å². The van der Waals surface area contributed by atoms with Crippen molar-refractivity contribution in [2.24, 2.45) is 0 Å². The first-order chi connectivity index (χ1) is 15.7. The molecule has 5 nitrogen and oxygen atoms in total. The van der Waals surface area contributed by atoms with Gasteiger partial charge in [-0.15, -0.1) is 0 Å². The van der Waals surface area contributed by atoms with Crippen LogP contribution in [0.5, 0.6) is 0 Å². The number of halogens is 1. The monoisotopic (exact) mass is 462 g/mol. The summed E-state index contributed by atoms with van der Waals surface area (Å²) in [6.07, 6.45) is 2.79. The molecule has 0 aliphatic heterocycles. The lowest BCUT2D eigenvalue weighted by Gasteiger charge is -2.19. The zero-order valence-corrected chi connectivity index (χ0v) is 19.6. The number of nitrogens with one attached hydrogen (secondary N) is 2. The molecule has 0 saturated heterocycles. The van der Waals surface area contributed by atoms with Crippen LogP contribution in [0.15, 0.2) is 78.9 Å². The maximum Gasteiger partial charge on any atom is 0.407 e. The number of ether oxygens (including phenoxy) is 1. The van der Waals surface area contributed by atoms with Crippen molar-refractivity contribution in [1.29, 1.82) is 0 Å². The van der Waals surface area contributed by atoms with Crippen LogP contribution in [0.1, 0.15) is 31.9 Å². The fourth-order valence-corrected chi connectivity index (χ4v) is 3.11. The lowest BCUT2D eigenvalue weighted by molar-refractivity contribution is -0.111. The van der Waals surface area contributed by atoms with E-state index in [0.29, 0.717) is 17.3 Å². The van der Waals surface area contributed by atoms with Crippen molar-refractivity contribution in [3.8, 4) is 11.1 Å². The third-order valence-electron chi connectivity index (χ3n) is 4.57. The molecule has 3 rings (SSSR count). The van der Waals surface area contributed by atoms with Crippen molar-refractivity contribution >= 4 is 35.4 Å². The highest BCUT2D eigenvalue weighted by molar-refractivity contribution is 6.30. The summed E-state index contributed by atoms with van der Waals surface area (Å²) >= 11 is 5.94. The summed E-state index contributed by atoms with van der Waals surface area (Å²) in [5, 5.41) is 6.24. The zero-order valence-electron chi connectivity index (χ0n) is 18.9. The molecule has 0 fully saturated rings. The van der Waals surface area contributed by atoms with Gasteiger partial charge in [0, 0.05) is 23.3 Å². The van der Waals surface area contributed by atoms with Crippen LogP contribution >= 0.6 is 11.6 Å². The Balaban J connectivity index is 1.50. The molecule has 170 valence electrons. The number of hydrogen-bond acceptors (Lipinski definition) is 3. The molecule has 0 radical (unpaired) electrons. The average Bonchev–Trinajstić information content (AvgIpc) is 2.77. The van der Waals surface area contributed by atoms with Crippen molar-refractivity contribution in [3.63, 3.8) is 0 Å². The summed E-state index contributed by atoms with van der Waals surface area (Å²) in [4.78, 5) is 24.0. The summed E-state index contributed by atoms with van der Waals surface area (Å²) in [7, 11) is 0. The first-order valence-electron chi connectivity index (χ1n) is 10.6. The Hall–Kier alpha value is -3.57. The molecular formula is C27H27ClN2O3. The van der Waals surface area contributed by atoms with Gasteiger partial charge in [-0.2, -0.15) is 0 Å². The Labute approximate surface area is 199 Å². The van der Waals surface area contributed by atoms with Gasteiger partial charge in [0.1, 0.15) is 5.60 Å². The standard InChI is InChI=1S/C27H27ClN2O3/c1-27(2,3)33-26(32)29-18-20-6-15-24(16-7-20)30-25(31)17-8-19-4-9-21(10-5-19)22-11-13-23(28)14-12-22/h4-17H,18H2,1-3H3,(H,29,32)(H,30,31)/b17-8+. The Morgan fingerprint density at radius 1 is 0.879 bits per heavy atom. The van der Waals surface area contributed by atoms with Crippen LogP contribution < -0.4 is 10.6 Å². The van der Waals surface area contributed by atoms with Crippen LogP contribution in [-0.4, -0.2) is 17.6 Å². The maximum atomic E-state index is 12.3. The first kappa shape index (κ1) is 24.1. The predicted molar refractivity (Wildman–Crippen MR) is 134 cm³/mol. The summed E-state index contributed by atoms with van der Waals surface area (Å²) in [5.74, 6) is -0.226. The van der Waals surface area contributed by atoms with E-state index in [1.54, 1.807) is 18.2 Å². The van der Waals surface area contributed by atoms with Gasteiger partial charge < -0.3 is 15.4 Å². The molecule has 33 heavy (non-hydrogen) atoms. The van der Waals surface area contributed by atoms with Gasteiger partial charge in [-0.25, -0.2) is 4.79 Å². The number of hydrogen-bond donors (Lipinski definition) is 2. The van der Waals surface area contributed by atoms with E-state index < -0.39 is 11.7 Å². The van der Waals surface area contributed by atoms with Gasteiger partial charge in [-0.1, -0.05) is 60.1 Å². The molecule has 0 aromatic heterocycles. The van der Waals surface area contributed by atoms with E-state index in [0.717, 1.165) is 22.3 Å². The lowest BCUT2D eigenvalue weighted by Crippen LogP contribution is -2.32. The number of benzene rings is 3. The maximum absolute atomic E-state index is 12.3. The van der Waals surface area contributed by atoms with Crippen molar-refractivity contribution in [2.45, 2.75) is 32.9 Å². The van der Waals surface area contributed by atoms with Gasteiger partial charge in [0.25, 0.3) is 0 Å². The van der Waals surface area contributed by atoms with Crippen LogP contribution in [0, 0.1) is 0 Å². The molecule has 6 heteroatoms. The Kier molecular flexibility index (Phi) is 7.91. The minimum absolute atomic E-state index is 0.226. The number of carbonyl (C=O) groups is 2. The van der Waals surface area contributed by atoms with E-state index in [1.165, 1.54) is 6.08 Å². The quantitative estimate of drug-likeness (QED) is 0.401. The lowest BCUT2D eigenvalue weighted by atomic mass is 10.0. The molecule has 0 unspecified atom stereocenters. The highest BCUT2D eigenvalue weighted by atomic mass is 35.5. The SMILES string of the molecule is CC(C)(C)OC(=O)NCc1ccc(NC(=O)/C=C/c2ccc(-c3ccc(Cl)cc3)cc2)cc1. The molecule has 0 spiro atoms. The number of rotatable bonds is 6. The highest BCUT2D eigenvalue weighted by Crippen LogP contribution is 2.22. The minimum Gasteiger partial charge on any atom is -0.444 e. The van der Waals surface area contributed by atoms with Crippen LogP contribution in [0.4, 0.5) is 10.5 Å². The molecule has 0 bridgehead atoms. The number of alkyl carbamates (subject to hydrolysis) is 1. The molecule has 2 N–H and O–H groups in total. The van der Waals surface area contributed by atoms with Gasteiger partial charge in [0.2, 0.25) is 5.91 Å². The molecule has 0 aliphatic carbocycles. The third kappa shape index (κ3) is 8.13. The third-order valence-corrected chi connectivity index (χ3v) is 4.82. The first-order valence-corrected chi connectivity index (χ1v) is 11.0.